The van der Waals surface area contributed by atoms with Crippen LogP contribution in [-0.4, -0.2) is 56.4 Å². The van der Waals surface area contributed by atoms with Crippen LogP contribution in [0.4, 0.5) is 8.78 Å². The maximum atomic E-state index is 13.3. The van der Waals surface area contributed by atoms with Gasteiger partial charge in [0, 0.05) is 0 Å². The molecule has 0 rings (SSSR count). The van der Waals surface area contributed by atoms with Gasteiger partial charge in [0.05, 0.1) is 0 Å². The number of halogens is 2. The zero-order valence-electron chi connectivity index (χ0n) is 11.0. The molecule has 2 N–H and O–H groups in total. The number of amides is 2. The summed E-state index contributed by atoms with van der Waals surface area (Å²) in [5, 5.41) is 43.0. The maximum absolute atomic E-state index is 13.3. The third-order valence-corrected chi connectivity index (χ3v) is 2.27. The Morgan fingerprint density at radius 3 is 1.08 bits per heavy atom. The van der Waals surface area contributed by atoms with Gasteiger partial charge in [-0.3, -0.25) is 50.0 Å². The first kappa shape index (κ1) is 20.4. The first-order valence-corrected chi connectivity index (χ1v) is 5.31. The van der Waals surface area contributed by atoms with Crippen LogP contribution in [0.1, 0.15) is 0 Å². The van der Waals surface area contributed by atoms with Gasteiger partial charge in [-0.1, -0.05) is 8.78 Å². The van der Waals surface area contributed by atoms with E-state index in [2.05, 4.69) is 0 Å². The number of rotatable bonds is 8. The first-order chi connectivity index (χ1) is 10.8. The maximum Gasteiger partial charge on any atom is 0.631 e. The van der Waals surface area contributed by atoms with E-state index in [1.54, 1.807) is 0 Å². The molecule has 0 aromatic heterocycles. The summed E-state index contributed by atoms with van der Waals surface area (Å²) in [6.07, 6.45) is 0. The van der Waals surface area contributed by atoms with Gasteiger partial charge in [-0.25, -0.2) is 0 Å². The molecule has 2 amide bonds. The summed E-state index contributed by atoms with van der Waals surface area (Å²) in [5.41, 5.74) is 0. The lowest BCUT2D eigenvalue weighted by Crippen LogP contribution is -2.56. The lowest BCUT2D eigenvalue weighted by molar-refractivity contribution is -0.828. The SMILES string of the molecule is O=C(NCC(F)([N+](=O)[O-])[N+](=O)[O-])C(=O)NCC(F)([N+](=O)[O-])[N+](=O)[O-]. The van der Waals surface area contributed by atoms with Crippen LogP contribution in [0.3, 0.4) is 0 Å². The second-order valence-electron chi connectivity index (χ2n) is 3.83. The van der Waals surface area contributed by atoms with Crippen molar-refractivity contribution < 1.29 is 38.1 Å². The lowest BCUT2D eigenvalue weighted by Gasteiger charge is -2.10. The third kappa shape index (κ3) is 4.20. The highest BCUT2D eigenvalue weighted by Crippen LogP contribution is 2.12. The Bertz CT molecular complexity index is 529. The van der Waals surface area contributed by atoms with E-state index < -0.39 is 56.4 Å². The fourth-order valence-corrected chi connectivity index (χ4v) is 0.938. The third-order valence-electron chi connectivity index (χ3n) is 2.27. The van der Waals surface area contributed by atoms with E-state index in [4.69, 9.17) is 0 Å². The molecule has 0 aliphatic heterocycles. The van der Waals surface area contributed by atoms with Crippen molar-refractivity contribution in [1.29, 1.82) is 0 Å². The van der Waals surface area contributed by atoms with Crippen LogP contribution in [0.15, 0.2) is 0 Å². The van der Waals surface area contributed by atoms with Crippen molar-refractivity contribution in [3.63, 3.8) is 0 Å². The van der Waals surface area contributed by atoms with Crippen LogP contribution in [0, 0.1) is 40.5 Å². The molecule has 0 fully saturated rings. The molecule has 16 nitrogen and oxygen atoms in total. The molecule has 0 heterocycles. The number of hydrogen-bond acceptors (Lipinski definition) is 10. The molecule has 0 saturated heterocycles. The van der Waals surface area contributed by atoms with E-state index in [1.807, 2.05) is 0 Å². The minimum atomic E-state index is -4.37. The lowest BCUT2D eigenvalue weighted by atomic mass is 10.4. The van der Waals surface area contributed by atoms with Gasteiger partial charge in [-0.05, 0) is 0 Å². The molecule has 0 saturated carbocycles. The van der Waals surface area contributed by atoms with Crippen molar-refractivity contribution in [2.24, 2.45) is 0 Å². The van der Waals surface area contributed by atoms with Crippen molar-refractivity contribution in [3.05, 3.63) is 40.5 Å². The van der Waals surface area contributed by atoms with E-state index in [1.165, 1.54) is 0 Å². The molecule has 24 heavy (non-hydrogen) atoms. The number of nitro groups is 4. The van der Waals surface area contributed by atoms with Gasteiger partial charge in [-0.15, -0.1) is 0 Å². The average molecular weight is 360 g/mol. The Balaban J connectivity index is 4.84. The highest BCUT2D eigenvalue weighted by Gasteiger charge is 2.59. The summed E-state index contributed by atoms with van der Waals surface area (Å²) in [6.45, 7) is -3.82. The molecule has 0 radical (unpaired) electrons. The summed E-state index contributed by atoms with van der Waals surface area (Å²) in [4.78, 5) is 54.9. The zero-order chi connectivity index (χ0) is 19.3. The Labute approximate surface area is 127 Å². The molecule has 0 unspecified atom stereocenters. The van der Waals surface area contributed by atoms with Crippen LogP contribution in [0.25, 0.3) is 0 Å². The quantitative estimate of drug-likeness (QED) is 0.153. The van der Waals surface area contributed by atoms with E-state index in [0.717, 1.165) is 10.6 Å². The van der Waals surface area contributed by atoms with Gasteiger partial charge >= 0.3 is 23.6 Å². The van der Waals surface area contributed by atoms with Crippen molar-refractivity contribution in [2.75, 3.05) is 13.1 Å². The molecular formula is C6H6F2N6O10. The molecule has 0 spiro atoms. The summed E-state index contributed by atoms with van der Waals surface area (Å²) in [6, 6.07) is 0. The molecule has 0 aromatic rings. The van der Waals surface area contributed by atoms with Gasteiger partial charge in [-0.2, -0.15) is 0 Å². The minimum Gasteiger partial charge on any atom is -0.331 e. The van der Waals surface area contributed by atoms with E-state index in [-0.39, 0.29) is 0 Å². The number of alkyl halides is 2. The molecule has 0 atom stereocenters. The second-order valence-corrected chi connectivity index (χ2v) is 3.83. The summed E-state index contributed by atoms with van der Waals surface area (Å²) < 4.78 is 26.5. The summed E-state index contributed by atoms with van der Waals surface area (Å²) >= 11 is 0. The summed E-state index contributed by atoms with van der Waals surface area (Å²) in [5.74, 6) is -12.7. The average Bonchev–Trinajstić information content (AvgIpc) is 2.48. The normalized spacial score (nSPS) is 11.2. The van der Waals surface area contributed by atoms with Gasteiger partial charge in [0.2, 0.25) is 0 Å². The molecular weight excluding hydrogens is 354 g/mol. The van der Waals surface area contributed by atoms with Crippen molar-refractivity contribution in [2.45, 2.75) is 11.8 Å². The molecule has 18 heteroatoms. The molecule has 0 aromatic carbocycles. The fraction of sp³-hybridized carbons (Fsp3) is 0.667. The van der Waals surface area contributed by atoms with Crippen LogP contribution in [0.2, 0.25) is 0 Å². The van der Waals surface area contributed by atoms with Gasteiger partial charge < -0.3 is 10.6 Å². The Hall–Kier alpha value is -3.60. The van der Waals surface area contributed by atoms with E-state index in [0.29, 0.717) is 0 Å². The molecule has 134 valence electrons. The smallest absolute Gasteiger partial charge is 0.331 e. The molecule has 0 bridgehead atoms. The monoisotopic (exact) mass is 360 g/mol. The van der Waals surface area contributed by atoms with Crippen molar-refractivity contribution in [3.8, 4) is 0 Å². The van der Waals surface area contributed by atoms with Crippen molar-refractivity contribution >= 4 is 11.8 Å². The Morgan fingerprint density at radius 2 is 0.917 bits per heavy atom. The first-order valence-electron chi connectivity index (χ1n) is 5.31. The number of nitrogens with one attached hydrogen (secondary N) is 2. The largest absolute Gasteiger partial charge is 0.631 e. The molecule has 0 aliphatic rings. The predicted molar refractivity (Wildman–Crippen MR) is 61.7 cm³/mol. The minimum absolute atomic E-state index is 1.11. The highest BCUT2D eigenvalue weighted by molar-refractivity contribution is 6.35. The Morgan fingerprint density at radius 1 is 0.708 bits per heavy atom. The second kappa shape index (κ2) is 7.11. The van der Waals surface area contributed by atoms with E-state index >= 15 is 0 Å². The van der Waals surface area contributed by atoms with Crippen LogP contribution >= 0.6 is 0 Å². The number of carbonyl (C=O) groups excluding carboxylic acids is 2. The highest BCUT2D eigenvalue weighted by atomic mass is 19.2. The fourth-order valence-electron chi connectivity index (χ4n) is 0.938. The van der Waals surface area contributed by atoms with Crippen molar-refractivity contribution in [1.82, 2.24) is 10.6 Å². The number of carbonyl (C=O) groups is 2. The van der Waals surface area contributed by atoms with E-state index in [9.17, 15) is 58.8 Å². The standard InChI is InChI=1S/C6H6F2N6O10/c7-5(11(17)18,12(19)20)1-9-3(15)4(16)10-2-6(8,13(21)22)14(23)24/h1-2H2,(H,9,15)(H,10,16). The zero-order valence-corrected chi connectivity index (χ0v) is 11.0. The van der Waals surface area contributed by atoms with Gasteiger partial charge in [0.15, 0.2) is 13.1 Å². The Kier molecular flexibility index (Phi) is 6.04. The van der Waals surface area contributed by atoms with Crippen LogP contribution in [0.5, 0.6) is 0 Å². The van der Waals surface area contributed by atoms with Crippen LogP contribution < -0.4 is 10.6 Å². The number of hydrogen-bond donors (Lipinski definition) is 2. The number of nitrogens with zero attached hydrogens (tertiary/aromatic N) is 4. The van der Waals surface area contributed by atoms with Gasteiger partial charge in [0.1, 0.15) is 19.7 Å². The predicted octanol–water partition coefficient (Wildman–Crippen LogP) is -2.43. The van der Waals surface area contributed by atoms with Crippen LogP contribution in [-0.2, 0) is 9.59 Å². The van der Waals surface area contributed by atoms with Gasteiger partial charge in [0.25, 0.3) is 0 Å². The molecule has 0 aliphatic carbocycles. The topological polar surface area (TPSA) is 231 Å². The summed E-state index contributed by atoms with van der Waals surface area (Å²) in [7, 11) is 0.